The van der Waals surface area contributed by atoms with Gasteiger partial charge in [-0.05, 0) is 49.4 Å². The first-order valence-corrected chi connectivity index (χ1v) is 9.40. The Bertz CT molecular complexity index is 1150. The highest BCUT2D eigenvalue weighted by atomic mass is 32.2. The Morgan fingerprint density at radius 1 is 1.14 bits per heavy atom. The molecule has 1 aromatic heterocycles. The van der Waals surface area contributed by atoms with E-state index in [1.807, 2.05) is 4.83 Å². The monoisotopic (exact) mass is 403 g/mol. The molecule has 0 radical (unpaired) electrons. The average Bonchev–Trinajstić information content (AvgIpc) is 3.11. The van der Waals surface area contributed by atoms with Crippen molar-refractivity contribution in [3.8, 4) is 11.3 Å². The maximum Gasteiger partial charge on any atom is 0.276 e. The number of hydrazone groups is 1. The lowest BCUT2D eigenvalue weighted by Gasteiger charge is -2.04. The van der Waals surface area contributed by atoms with Crippen LogP contribution in [0.15, 0.2) is 69.0 Å². The molecule has 3 rings (SSSR count). The smallest absolute Gasteiger partial charge is 0.276 e. The van der Waals surface area contributed by atoms with Crippen molar-refractivity contribution in [1.29, 1.82) is 0 Å². The Balaban J connectivity index is 1.74. The normalized spacial score (nSPS) is 11.6. The predicted molar refractivity (Wildman–Crippen MR) is 99.9 cm³/mol. The van der Waals surface area contributed by atoms with Crippen molar-refractivity contribution in [3.05, 3.63) is 81.9 Å². The number of nitro benzene ring substituents is 1. The van der Waals surface area contributed by atoms with E-state index in [-0.39, 0.29) is 22.2 Å². The summed E-state index contributed by atoms with van der Waals surface area (Å²) in [5.74, 6) is 0.346. The third kappa shape index (κ3) is 4.23. The summed E-state index contributed by atoms with van der Waals surface area (Å²) in [6.45, 7) is 1.51. The van der Waals surface area contributed by atoms with E-state index in [1.54, 1.807) is 24.3 Å². The molecular weight excluding hydrogens is 389 g/mol. The predicted octanol–water partition coefficient (Wildman–Crippen LogP) is 3.61. The standard InChI is InChI=1S/C18H14FN3O5S/c1-12-2-8-16(10-17(12)22(23)24)28(25,26)21-20-11-15-7-9-18(27-15)13-3-5-14(19)6-4-13/h2-11,21H,1H3/b20-11+. The maximum atomic E-state index is 13.0. The Morgan fingerprint density at radius 3 is 2.54 bits per heavy atom. The first-order chi connectivity index (χ1) is 13.3. The van der Waals surface area contributed by atoms with Gasteiger partial charge in [-0.1, -0.05) is 6.07 Å². The fraction of sp³-hybridized carbons (Fsp3) is 0.0556. The van der Waals surface area contributed by atoms with Gasteiger partial charge >= 0.3 is 0 Å². The van der Waals surface area contributed by atoms with E-state index >= 15 is 0 Å². The quantitative estimate of drug-likeness (QED) is 0.383. The van der Waals surface area contributed by atoms with Crippen LogP contribution in [0.1, 0.15) is 11.3 Å². The number of halogens is 1. The van der Waals surface area contributed by atoms with Crippen LogP contribution in [-0.2, 0) is 10.0 Å². The number of nitrogens with one attached hydrogen (secondary N) is 1. The lowest BCUT2D eigenvalue weighted by atomic mass is 10.2. The number of aryl methyl sites for hydroxylation is 1. The summed E-state index contributed by atoms with van der Waals surface area (Å²) < 4.78 is 43.0. The minimum absolute atomic E-state index is 0.261. The number of furan rings is 1. The molecule has 8 nitrogen and oxygen atoms in total. The molecule has 0 bridgehead atoms. The van der Waals surface area contributed by atoms with Crippen LogP contribution >= 0.6 is 0 Å². The third-order valence-corrected chi connectivity index (χ3v) is 5.03. The summed E-state index contributed by atoms with van der Waals surface area (Å²) in [6, 6.07) is 12.4. The molecule has 2 aromatic carbocycles. The molecule has 28 heavy (non-hydrogen) atoms. The molecule has 0 spiro atoms. The highest BCUT2D eigenvalue weighted by Crippen LogP contribution is 2.23. The summed E-state index contributed by atoms with van der Waals surface area (Å²) in [7, 11) is -4.09. The van der Waals surface area contributed by atoms with Gasteiger partial charge in [-0.2, -0.15) is 18.4 Å². The lowest BCUT2D eigenvalue weighted by molar-refractivity contribution is -0.385. The second-order valence-corrected chi connectivity index (χ2v) is 7.43. The molecule has 0 fully saturated rings. The van der Waals surface area contributed by atoms with Crippen LogP contribution in [0, 0.1) is 22.9 Å². The van der Waals surface area contributed by atoms with Crippen molar-refractivity contribution in [2.75, 3.05) is 0 Å². The van der Waals surface area contributed by atoms with Crippen LogP contribution in [0.3, 0.4) is 0 Å². The topological polar surface area (TPSA) is 115 Å². The van der Waals surface area contributed by atoms with Crippen LogP contribution in [0.5, 0.6) is 0 Å². The largest absolute Gasteiger partial charge is 0.455 e. The van der Waals surface area contributed by atoms with Crippen molar-refractivity contribution in [2.45, 2.75) is 11.8 Å². The molecule has 0 saturated carbocycles. The molecule has 0 atom stereocenters. The molecule has 1 heterocycles. The molecule has 0 amide bonds. The molecule has 144 valence electrons. The van der Waals surface area contributed by atoms with Gasteiger partial charge in [0.2, 0.25) is 0 Å². The van der Waals surface area contributed by atoms with Crippen LogP contribution in [0.2, 0.25) is 0 Å². The van der Waals surface area contributed by atoms with E-state index in [0.29, 0.717) is 16.9 Å². The fourth-order valence-corrected chi connectivity index (χ4v) is 3.17. The van der Waals surface area contributed by atoms with E-state index in [2.05, 4.69) is 5.10 Å². The Labute approximate surface area is 159 Å². The zero-order valence-corrected chi connectivity index (χ0v) is 15.3. The van der Waals surface area contributed by atoms with Crippen LogP contribution in [-0.4, -0.2) is 19.6 Å². The van der Waals surface area contributed by atoms with Gasteiger partial charge in [0.05, 0.1) is 16.0 Å². The fourth-order valence-electron chi connectivity index (χ4n) is 2.36. The molecule has 0 aliphatic heterocycles. The van der Waals surface area contributed by atoms with Crippen LogP contribution < -0.4 is 4.83 Å². The number of nitro groups is 1. The van der Waals surface area contributed by atoms with E-state index in [1.165, 1.54) is 31.2 Å². The second-order valence-electron chi connectivity index (χ2n) is 5.77. The van der Waals surface area contributed by atoms with Gasteiger partial charge in [-0.3, -0.25) is 10.1 Å². The highest BCUT2D eigenvalue weighted by Gasteiger charge is 2.19. The Kier molecular flexibility index (Phi) is 5.23. The van der Waals surface area contributed by atoms with Crippen molar-refractivity contribution >= 4 is 21.9 Å². The number of benzene rings is 2. The first-order valence-electron chi connectivity index (χ1n) is 7.92. The SMILES string of the molecule is Cc1ccc(S(=O)(=O)N/N=C/c2ccc(-c3ccc(F)cc3)o2)cc1[N+](=O)[O-]. The molecule has 0 unspecified atom stereocenters. The molecule has 3 aromatic rings. The average molecular weight is 403 g/mol. The van der Waals surface area contributed by atoms with Crippen molar-refractivity contribution < 1.29 is 22.1 Å². The van der Waals surface area contributed by atoms with E-state index < -0.39 is 14.9 Å². The molecule has 10 heteroatoms. The summed E-state index contributed by atoms with van der Waals surface area (Å²) in [5.41, 5.74) is 0.687. The molecule has 0 saturated heterocycles. The van der Waals surface area contributed by atoms with Gasteiger partial charge in [0, 0.05) is 17.2 Å². The Morgan fingerprint density at radius 2 is 1.86 bits per heavy atom. The van der Waals surface area contributed by atoms with Gasteiger partial charge in [0.25, 0.3) is 15.7 Å². The number of hydrogen-bond acceptors (Lipinski definition) is 6. The lowest BCUT2D eigenvalue weighted by Crippen LogP contribution is -2.18. The second kappa shape index (κ2) is 7.61. The summed E-state index contributed by atoms with van der Waals surface area (Å²) in [5, 5.41) is 14.6. The first kappa shape index (κ1) is 19.2. The highest BCUT2D eigenvalue weighted by molar-refractivity contribution is 7.89. The number of hydrogen-bond donors (Lipinski definition) is 1. The zero-order chi connectivity index (χ0) is 20.3. The third-order valence-electron chi connectivity index (χ3n) is 3.81. The minimum Gasteiger partial charge on any atom is -0.455 e. The zero-order valence-electron chi connectivity index (χ0n) is 14.5. The van der Waals surface area contributed by atoms with Crippen LogP contribution in [0.25, 0.3) is 11.3 Å². The van der Waals surface area contributed by atoms with Gasteiger partial charge in [-0.15, -0.1) is 0 Å². The van der Waals surface area contributed by atoms with Crippen molar-refractivity contribution in [2.24, 2.45) is 5.10 Å². The number of rotatable bonds is 6. The molecule has 0 aliphatic carbocycles. The van der Waals surface area contributed by atoms with Crippen molar-refractivity contribution in [3.63, 3.8) is 0 Å². The Hall–Kier alpha value is -3.53. The van der Waals surface area contributed by atoms with Gasteiger partial charge in [0.1, 0.15) is 17.3 Å². The number of nitrogens with zero attached hydrogens (tertiary/aromatic N) is 2. The number of sulfonamides is 1. The van der Waals surface area contributed by atoms with E-state index in [9.17, 15) is 22.9 Å². The maximum absolute atomic E-state index is 13.0. The summed E-state index contributed by atoms with van der Waals surface area (Å²) in [4.78, 5) is 12.0. The molecule has 1 N–H and O–H groups in total. The van der Waals surface area contributed by atoms with E-state index in [0.717, 1.165) is 12.3 Å². The molecular formula is C18H14FN3O5S. The van der Waals surface area contributed by atoms with Gasteiger partial charge in [0.15, 0.2) is 0 Å². The minimum atomic E-state index is -4.09. The van der Waals surface area contributed by atoms with Gasteiger partial charge in [-0.25, -0.2) is 4.39 Å². The van der Waals surface area contributed by atoms with E-state index in [4.69, 9.17) is 4.42 Å². The van der Waals surface area contributed by atoms with Crippen LogP contribution in [0.4, 0.5) is 10.1 Å². The van der Waals surface area contributed by atoms with Crippen molar-refractivity contribution in [1.82, 2.24) is 4.83 Å². The van der Waals surface area contributed by atoms with Gasteiger partial charge < -0.3 is 4.42 Å². The summed E-state index contributed by atoms with van der Waals surface area (Å²) in [6.07, 6.45) is 1.15. The summed E-state index contributed by atoms with van der Waals surface area (Å²) >= 11 is 0. The molecule has 0 aliphatic rings.